The molecule has 0 aliphatic carbocycles. The third-order valence-corrected chi connectivity index (χ3v) is 7.50. The maximum atomic E-state index is 12.4. The van der Waals surface area contributed by atoms with Crippen molar-refractivity contribution in [3.8, 4) is 11.3 Å². The number of nitrogens with two attached hydrogens (primary N) is 1. The number of amides is 1. The molecule has 1 saturated heterocycles. The highest BCUT2D eigenvalue weighted by molar-refractivity contribution is 8.07. The highest BCUT2D eigenvalue weighted by Crippen LogP contribution is 2.45. The maximum Gasteiger partial charge on any atom is 0.390 e. The van der Waals surface area contributed by atoms with Crippen LogP contribution in [0.2, 0.25) is 0 Å². The molecule has 2 aliphatic heterocycles. The van der Waals surface area contributed by atoms with E-state index in [-0.39, 0.29) is 17.0 Å². The van der Waals surface area contributed by atoms with Gasteiger partial charge in [-0.15, -0.1) is 23.1 Å². The van der Waals surface area contributed by atoms with E-state index in [0.717, 1.165) is 15.6 Å². The van der Waals surface area contributed by atoms with Crippen LogP contribution in [-0.2, 0) is 19.4 Å². The number of pyridine rings is 1. The van der Waals surface area contributed by atoms with Crippen molar-refractivity contribution in [2.45, 2.75) is 15.8 Å². The largest absolute Gasteiger partial charge is 0.390 e. The summed E-state index contributed by atoms with van der Waals surface area (Å²) in [6.07, 6.45) is 3.42. The van der Waals surface area contributed by atoms with Crippen LogP contribution in [0.5, 0.6) is 0 Å². The summed E-state index contributed by atoms with van der Waals surface area (Å²) in [5, 5.41) is 1.68. The number of thioether (sulfide) groups is 2. The van der Waals surface area contributed by atoms with Crippen molar-refractivity contribution < 1.29 is 19.4 Å². The van der Waals surface area contributed by atoms with Crippen molar-refractivity contribution >= 4 is 46.7 Å². The van der Waals surface area contributed by atoms with Crippen molar-refractivity contribution in [3.63, 3.8) is 0 Å². The predicted octanol–water partition coefficient (Wildman–Crippen LogP) is 1.86. The minimum atomic E-state index is -0.712. The molecular formula is C16H14N4O4S3. The number of β-lactam (4-membered cyclic amide) rings is 1. The van der Waals surface area contributed by atoms with Crippen LogP contribution in [0.15, 0.2) is 44.8 Å². The first-order chi connectivity index (χ1) is 13.1. The van der Waals surface area contributed by atoms with Crippen molar-refractivity contribution in [2.75, 3.05) is 12.9 Å². The second-order valence-electron chi connectivity index (χ2n) is 5.58. The fourth-order valence-corrected chi connectivity index (χ4v) is 6.14. The van der Waals surface area contributed by atoms with Gasteiger partial charge in [-0.3, -0.25) is 19.6 Å². The minimum absolute atomic E-state index is 0.179. The molecule has 0 bridgehead atoms. The van der Waals surface area contributed by atoms with Crippen LogP contribution >= 0.6 is 34.9 Å². The third-order valence-electron chi connectivity index (χ3n) is 4.00. The standard InChI is InChI=1S/C16H14N4O4S3/c1-23-24-15(22)12-10(7-25-14-11(17)13(21)20(12)14)27-16-19-9(6-26-16)8-2-4-18-5-3-8/h2-6,11,14H,7,17H2,1H3/t11?,14-/m1/s1. The Morgan fingerprint density at radius 2 is 2.19 bits per heavy atom. The van der Waals surface area contributed by atoms with Crippen LogP contribution in [0.4, 0.5) is 0 Å². The molecule has 2 aromatic rings. The number of rotatable bonds is 5. The third kappa shape index (κ3) is 3.36. The number of nitrogens with zero attached hydrogens (tertiary/aromatic N) is 3. The van der Waals surface area contributed by atoms with Gasteiger partial charge in [0.2, 0.25) is 5.91 Å². The summed E-state index contributed by atoms with van der Waals surface area (Å²) in [7, 11) is 1.24. The van der Waals surface area contributed by atoms with Gasteiger partial charge in [0.25, 0.3) is 0 Å². The Kier molecular flexibility index (Phi) is 5.19. The van der Waals surface area contributed by atoms with E-state index in [9.17, 15) is 9.59 Å². The summed E-state index contributed by atoms with van der Waals surface area (Å²) in [6.45, 7) is 0. The highest BCUT2D eigenvalue weighted by Gasteiger charge is 2.52. The Morgan fingerprint density at radius 1 is 1.41 bits per heavy atom. The molecule has 8 nitrogen and oxygen atoms in total. The molecule has 1 amide bonds. The molecule has 1 fully saturated rings. The lowest BCUT2D eigenvalue weighted by Gasteiger charge is -2.47. The second kappa shape index (κ2) is 7.60. The molecule has 0 aromatic carbocycles. The van der Waals surface area contributed by atoms with Crippen LogP contribution in [0, 0.1) is 0 Å². The first-order valence-electron chi connectivity index (χ1n) is 7.82. The van der Waals surface area contributed by atoms with Gasteiger partial charge in [0, 0.05) is 34.0 Å². The number of fused-ring (bicyclic) bond motifs is 1. The van der Waals surface area contributed by atoms with Crippen molar-refractivity contribution in [2.24, 2.45) is 5.73 Å². The van der Waals surface area contributed by atoms with Crippen molar-refractivity contribution in [1.82, 2.24) is 14.9 Å². The monoisotopic (exact) mass is 422 g/mol. The van der Waals surface area contributed by atoms with E-state index in [0.29, 0.717) is 10.7 Å². The van der Waals surface area contributed by atoms with Crippen LogP contribution in [-0.4, -0.2) is 51.0 Å². The first-order valence-corrected chi connectivity index (χ1v) is 10.6. The molecule has 0 saturated carbocycles. The van der Waals surface area contributed by atoms with Crippen LogP contribution in [0.3, 0.4) is 0 Å². The first kappa shape index (κ1) is 18.4. The number of carbonyl (C=O) groups excluding carboxylic acids is 2. The van der Waals surface area contributed by atoms with Gasteiger partial charge >= 0.3 is 5.97 Å². The highest BCUT2D eigenvalue weighted by atomic mass is 32.2. The summed E-state index contributed by atoms with van der Waals surface area (Å²) >= 11 is 4.32. The number of thiazole rings is 1. The zero-order valence-electron chi connectivity index (χ0n) is 14.0. The van der Waals surface area contributed by atoms with Gasteiger partial charge in [-0.2, -0.15) is 4.89 Å². The SMILES string of the molecule is COOC(=O)C1=C(Sc2nc(-c3ccncc3)cs2)CS[C@@H]2C(N)C(=O)N12. The lowest BCUT2D eigenvalue weighted by molar-refractivity contribution is -0.252. The lowest BCUT2D eigenvalue weighted by Crippen LogP contribution is -2.68. The van der Waals surface area contributed by atoms with Gasteiger partial charge < -0.3 is 5.73 Å². The molecule has 0 radical (unpaired) electrons. The lowest BCUT2D eigenvalue weighted by atomic mass is 10.1. The molecule has 4 heterocycles. The molecule has 11 heteroatoms. The molecule has 2 atom stereocenters. The molecule has 2 aromatic heterocycles. The number of carbonyl (C=O) groups is 2. The normalized spacial score (nSPS) is 21.7. The van der Waals surface area contributed by atoms with Gasteiger partial charge in [0.1, 0.15) is 17.1 Å². The van der Waals surface area contributed by atoms with E-state index in [1.807, 2.05) is 17.5 Å². The fourth-order valence-electron chi connectivity index (χ4n) is 2.74. The Balaban J connectivity index is 1.63. The Morgan fingerprint density at radius 3 is 2.93 bits per heavy atom. The van der Waals surface area contributed by atoms with E-state index in [4.69, 9.17) is 5.73 Å². The Bertz CT molecular complexity index is 917. The molecule has 1 unspecified atom stereocenters. The average molecular weight is 423 g/mol. The van der Waals surface area contributed by atoms with Gasteiger partial charge in [-0.25, -0.2) is 9.78 Å². The van der Waals surface area contributed by atoms with E-state index in [1.165, 1.54) is 46.9 Å². The quantitative estimate of drug-likeness (QED) is 0.439. The zero-order valence-corrected chi connectivity index (χ0v) is 16.5. The zero-order chi connectivity index (χ0) is 19.0. The van der Waals surface area contributed by atoms with Crippen molar-refractivity contribution in [3.05, 3.63) is 40.5 Å². The summed E-state index contributed by atoms with van der Waals surface area (Å²) in [5.41, 5.74) is 7.81. The summed E-state index contributed by atoms with van der Waals surface area (Å²) < 4.78 is 0.760. The number of hydrogen-bond donors (Lipinski definition) is 1. The molecular weight excluding hydrogens is 408 g/mol. The number of hydrogen-bond acceptors (Lipinski definition) is 10. The van der Waals surface area contributed by atoms with Crippen LogP contribution in [0.25, 0.3) is 11.3 Å². The number of aromatic nitrogens is 2. The van der Waals surface area contributed by atoms with E-state index in [2.05, 4.69) is 19.7 Å². The summed E-state index contributed by atoms with van der Waals surface area (Å²) in [5.74, 6) is -0.480. The predicted molar refractivity (Wildman–Crippen MR) is 102 cm³/mol. The van der Waals surface area contributed by atoms with Gasteiger partial charge in [-0.05, 0) is 12.1 Å². The summed E-state index contributed by atoms with van der Waals surface area (Å²) in [4.78, 5) is 44.4. The topological polar surface area (TPSA) is 108 Å². The average Bonchev–Trinajstić information content (AvgIpc) is 3.16. The van der Waals surface area contributed by atoms with Crippen LogP contribution in [0.1, 0.15) is 0 Å². The van der Waals surface area contributed by atoms with E-state index in [1.54, 1.807) is 12.4 Å². The van der Waals surface area contributed by atoms with Crippen molar-refractivity contribution in [1.29, 1.82) is 0 Å². The molecule has 2 aliphatic rings. The second-order valence-corrected chi connectivity index (χ2v) is 8.89. The summed E-state index contributed by atoms with van der Waals surface area (Å²) in [6, 6.07) is 3.15. The Hall–Kier alpha value is -1.92. The van der Waals surface area contributed by atoms with E-state index >= 15 is 0 Å². The van der Waals surface area contributed by atoms with Crippen LogP contribution < -0.4 is 5.73 Å². The molecule has 0 spiro atoms. The van der Waals surface area contributed by atoms with Gasteiger partial charge in [0.15, 0.2) is 4.34 Å². The fraction of sp³-hybridized carbons (Fsp3) is 0.250. The molecule has 27 heavy (non-hydrogen) atoms. The minimum Gasteiger partial charge on any atom is -0.317 e. The molecule has 2 N–H and O–H groups in total. The molecule has 140 valence electrons. The maximum absolute atomic E-state index is 12.4. The van der Waals surface area contributed by atoms with Gasteiger partial charge in [-0.1, -0.05) is 11.8 Å². The Labute approximate surface area is 167 Å². The molecule has 4 rings (SSSR count). The smallest absolute Gasteiger partial charge is 0.317 e. The van der Waals surface area contributed by atoms with Gasteiger partial charge in [0.05, 0.1) is 12.8 Å². The van der Waals surface area contributed by atoms with E-state index < -0.39 is 12.0 Å².